The van der Waals surface area contributed by atoms with E-state index in [9.17, 15) is 4.79 Å². The number of rotatable bonds is 3. The van der Waals surface area contributed by atoms with E-state index < -0.39 is 0 Å². The average Bonchev–Trinajstić information content (AvgIpc) is 2.91. The molecule has 1 aromatic heterocycles. The lowest BCUT2D eigenvalue weighted by molar-refractivity contribution is 0.0755. The topological polar surface area (TPSA) is 81.9 Å². The van der Waals surface area contributed by atoms with Crippen LogP contribution in [0, 0.1) is 11.3 Å². The molecule has 0 atom stereocenters. The summed E-state index contributed by atoms with van der Waals surface area (Å²) in [7, 11) is 0. The molecule has 1 N–H and O–H groups in total. The molecule has 3 rings (SSSR count). The fourth-order valence-electron chi connectivity index (χ4n) is 2.75. The summed E-state index contributed by atoms with van der Waals surface area (Å²) in [5, 5.41) is 12.0. The molecule has 0 bridgehead atoms. The molecule has 1 aromatic carbocycles. The molecule has 1 saturated heterocycles. The largest absolute Gasteiger partial charge is 0.340 e. The Morgan fingerprint density at radius 3 is 2.46 bits per heavy atom. The number of nitriles is 1. The van der Waals surface area contributed by atoms with Crippen LogP contribution in [-0.2, 0) is 0 Å². The van der Waals surface area contributed by atoms with Crippen molar-refractivity contribution in [3.63, 3.8) is 0 Å². The molecular formula is C18H19N5O. The van der Waals surface area contributed by atoms with Gasteiger partial charge in [-0.3, -0.25) is 4.79 Å². The van der Waals surface area contributed by atoms with Gasteiger partial charge in [0.15, 0.2) is 0 Å². The summed E-state index contributed by atoms with van der Waals surface area (Å²) in [6, 6.07) is 10.8. The molecule has 122 valence electrons. The lowest BCUT2D eigenvalue weighted by Gasteiger charge is -2.19. The molecule has 2 aromatic rings. The number of likely N-dealkylation sites (tertiary alicyclic amines) is 1. The Morgan fingerprint density at radius 2 is 1.79 bits per heavy atom. The number of hydrogen-bond acceptors (Lipinski definition) is 5. The van der Waals surface area contributed by atoms with Crippen LogP contribution < -0.4 is 5.32 Å². The smallest absolute Gasteiger partial charge is 0.272 e. The fourth-order valence-corrected chi connectivity index (χ4v) is 2.75. The van der Waals surface area contributed by atoms with Crippen molar-refractivity contribution in [2.75, 3.05) is 18.4 Å². The van der Waals surface area contributed by atoms with Crippen molar-refractivity contribution >= 4 is 17.4 Å². The van der Waals surface area contributed by atoms with Crippen LogP contribution in [0.2, 0.25) is 0 Å². The van der Waals surface area contributed by atoms with Crippen LogP contribution in [0.25, 0.3) is 0 Å². The lowest BCUT2D eigenvalue weighted by atomic mass is 10.2. The quantitative estimate of drug-likeness (QED) is 0.939. The Bertz CT molecular complexity index is 743. The van der Waals surface area contributed by atoms with Gasteiger partial charge in [0.05, 0.1) is 11.6 Å². The van der Waals surface area contributed by atoms with Crippen LogP contribution in [-0.4, -0.2) is 33.9 Å². The number of benzene rings is 1. The minimum Gasteiger partial charge on any atom is -0.340 e. The number of amides is 1. The Balaban J connectivity index is 1.73. The number of hydrogen-bond donors (Lipinski definition) is 1. The first kappa shape index (κ1) is 15.9. The number of anilines is 2. The second-order valence-corrected chi connectivity index (χ2v) is 5.81. The minimum absolute atomic E-state index is 0.0396. The Morgan fingerprint density at radius 1 is 1.08 bits per heavy atom. The number of carbonyl (C=O) groups excluding carboxylic acids is 1. The normalized spacial score (nSPS) is 14.5. The van der Waals surface area contributed by atoms with Crippen LogP contribution in [0.5, 0.6) is 0 Å². The van der Waals surface area contributed by atoms with Gasteiger partial charge in [-0.25, -0.2) is 9.97 Å². The summed E-state index contributed by atoms with van der Waals surface area (Å²) in [5.41, 5.74) is 1.81. The molecule has 0 unspecified atom stereocenters. The van der Waals surface area contributed by atoms with Gasteiger partial charge in [-0.1, -0.05) is 12.8 Å². The predicted octanol–water partition coefficient (Wildman–Crippen LogP) is 3.11. The molecule has 1 amide bonds. The van der Waals surface area contributed by atoms with Gasteiger partial charge in [-0.15, -0.1) is 0 Å². The zero-order valence-corrected chi connectivity index (χ0v) is 13.4. The highest BCUT2D eigenvalue weighted by molar-refractivity contribution is 5.93. The van der Waals surface area contributed by atoms with E-state index in [-0.39, 0.29) is 5.91 Å². The Hall–Kier alpha value is -2.94. The van der Waals surface area contributed by atoms with E-state index in [1.165, 1.54) is 19.2 Å². The maximum atomic E-state index is 12.6. The summed E-state index contributed by atoms with van der Waals surface area (Å²) in [6.07, 6.45) is 5.86. The summed E-state index contributed by atoms with van der Waals surface area (Å²) in [6.45, 7) is 1.59. The van der Waals surface area contributed by atoms with Gasteiger partial charge >= 0.3 is 0 Å². The second kappa shape index (κ2) is 7.55. The van der Waals surface area contributed by atoms with E-state index in [1.54, 1.807) is 30.3 Å². The highest BCUT2D eigenvalue weighted by Gasteiger charge is 2.18. The molecule has 0 aliphatic carbocycles. The average molecular weight is 321 g/mol. The first-order valence-corrected chi connectivity index (χ1v) is 8.15. The molecular weight excluding hydrogens is 302 g/mol. The number of nitrogens with one attached hydrogen (secondary N) is 1. The number of carbonyl (C=O) groups is 1. The maximum Gasteiger partial charge on any atom is 0.272 e. The SMILES string of the molecule is N#Cc1ccc(Nc2cc(C(=O)N3CCCCCC3)ncn2)cc1. The van der Waals surface area contributed by atoms with Crippen molar-refractivity contribution in [2.45, 2.75) is 25.7 Å². The van der Waals surface area contributed by atoms with Gasteiger partial charge in [0.25, 0.3) is 5.91 Å². The van der Waals surface area contributed by atoms with Gasteiger partial charge in [-0.2, -0.15) is 5.26 Å². The number of nitrogens with zero attached hydrogens (tertiary/aromatic N) is 4. The van der Waals surface area contributed by atoms with Crippen molar-refractivity contribution < 1.29 is 4.79 Å². The van der Waals surface area contributed by atoms with Crippen molar-refractivity contribution in [1.82, 2.24) is 14.9 Å². The fraction of sp³-hybridized carbons (Fsp3) is 0.333. The third kappa shape index (κ3) is 3.87. The first-order chi connectivity index (χ1) is 11.8. The maximum absolute atomic E-state index is 12.6. The summed E-state index contributed by atoms with van der Waals surface area (Å²) < 4.78 is 0. The van der Waals surface area contributed by atoms with Crippen molar-refractivity contribution in [1.29, 1.82) is 5.26 Å². The third-order valence-corrected chi connectivity index (χ3v) is 4.07. The number of aromatic nitrogens is 2. The molecule has 1 aliphatic heterocycles. The van der Waals surface area contributed by atoms with Crippen molar-refractivity contribution in [3.8, 4) is 6.07 Å². The predicted molar refractivity (Wildman–Crippen MR) is 90.8 cm³/mol. The highest BCUT2D eigenvalue weighted by Crippen LogP contribution is 2.17. The molecule has 1 aliphatic rings. The first-order valence-electron chi connectivity index (χ1n) is 8.15. The molecule has 6 nitrogen and oxygen atoms in total. The van der Waals surface area contributed by atoms with E-state index in [0.717, 1.165) is 31.6 Å². The Labute approximate surface area is 141 Å². The van der Waals surface area contributed by atoms with Crippen molar-refractivity contribution in [3.05, 3.63) is 47.9 Å². The standard InChI is InChI=1S/C18H19N5O/c19-12-14-5-7-15(8-6-14)22-17-11-16(20-13-21-17)18(24)23-9-3-1-2-4-10-23/h5-8,11,13H,1-4,9-10H2,(H,20,21,22). The molecule has 0 spiro atoms. The summed E-state index contributed by atoms with van der Waals surface area (Å²) in [5.74, 6) is 0.523. The zero-order valence-electron chi connectivity index (χ0n) is 13.4. The molecule has 0 radical (unpaired) electrons. The van der Waals surface area contributed by atoms with Crippen molar-refractivity contribution in [2.24, 2.45) is 0 Å². The lowest BCUT2D eigenvalue weighted by Crippen LogP contribution is -2.32. The molecule has 1 fully saturated rings. The molecule has 24 heavy (non-hydrogen) atoms. The van der Waals surface area contributed by atoms with E-state index in [0.29, 0.717) is 17.1 Å². The van der Waals surface area contributed by atoms with E-state index >= 15 is 0 Å². The van der Waals surface area contributed by atoms with Gasteiger partial charge in [0.2, 0.25) is 0 Å². The molecule has 2 heterocycles. The van der Waals surface area contributed by atoms with Gasteiger partial charge in [0.1, 0.15) is 17.8 Å². The zero-order chi connectivity index (χ0) is 16.8. The van der Waals surface area contributed by atoms with Crippen LogP contribution in [0.1, 0.15) is 41.7 Å². The summed E-state index contributed by atoms with van der Waals surface area (Å²) >= 11 is 0. The summed E-state index contributed by atoms with van der Waals surface area (Å²) in [4.78, 5) is 22.8. The van der Waals surface area contributed by atoms with Crippen LogP contribution >= 0.6 is 0 Å². The minimum atomic E-state index is -0.0396. The monoisotopic (exact) mass is 321 g/mol. The van der Waals surface area contributed by atoms with Gasteiger partial charge < -0.3 is 10.2 Å². The van der Waals surface area contributed by atoms with E-state index in [2.05, 4.69) is 21.4 Å². The highest BCUT2D eigenvalue weighted by atomic mass is 16.2. The molecule has 6 heteroatoms. The van der Waals surface area contributed by atoms with Gasteiger partial charge in [-0.05, 0) is 37.1 Å². The Kier molecular flexibility index (Phi) is 5.02. The molecule has 0 saturated carbocycles. The third-order valence-electron chi connectivity index (χ3n) is 4.07. The van der Waals surface area contributed by atoms with Crippen LogP contribution in [0.3, 0.4) is 0 Å². The van der Waals surface area contributed by atoms with Crippen LogP contribution in [0.4, 0.5) is 11.5 Å². The second-order valence-electron chi connectivity index (χ2n) is 5.81. The van der Waals surface area contributed by atoms with Gasteiger partial charge in [0, 0.05) is 24.8 Å². The van der Waals surface area contributed by atoms with E-state index in [4.69, 9.17) is 5.26 Å². The van der Waals surface area contributed by atoms with E-state index in [1.807, 2.05) is 4.90 Å². The van der Waals surface area contributed by atoms with Crippen LogP contribution in [0.15, 0.2) is 36.7 Å².